The van der Waals surface area contributed by atoms with Gasteiger partial charge in [0.25, 0.3) is 0 Å². The van der Waals surface area contributed by atoms with E-state index in [0.29, 0.717) is 0 Å². The molecular formula is C7H13OP. The van der Waals surface area contributed by atoms with Gasteiger partial charge in [-0.15, -0.1) is 0 Å². The fourth-order valence-corrected chi connectivity index (χ4v) is 4.22. The molecule has 0 saturated carbocycles. The van der Waals surface area contributed by atoms with Gasteiger partial charge in [0.05, 0.1) is 5.60 Å². The van der Waals surface area contributed by atoms with Crippen molar-refractivity contribution < 1.29 is 4.52 Å². The zero-order valence-corrected chi connectivity index (χ0v) is 7.11. The number of hydrogen-bond donors (Lipinski definition) is 0. The molecule has 2 aliphatic rings. The highest BCUT2D eigenvalue weighted by atomic mass is 31.2. The van der Waals surface area contributed by atoms with E-state index < -0.39 is 0 Å². The minimum absolute atomic E-state index is 0.0525. The Morgan fingerprint density at radius 2 is 2.22 bits per heavy atom. The van der Waals surface area contributed by atoms with Gasteiger partial charge >= 0.3 is 0 Å². The predicted octanol–water partition coefficient (Wildman–Crippen LogP) is 2.35. The summed E-state index contributed by atoms with van der Waals surface area (Å²) in [6.07, 6.45) is 1.31. The normalized spacial score (nSPS) is 53.0. The molecule has 0 spiro atoms. The van der Waals surface area contributed by atoms with E-state index in [4.69, 9.17) is 4.52 Å². The maximum Gasteiger partial charge on any atom is 0.0676 e. The van der Waals surface area contributed by atoms with E-state index in [9.17, 15) is 0 Å². The van der Waals surface area contributed by atoms with Crippen LogP contribution in [0.25, 0.3) is 0 Å². The summed E-state index contributed by atoms with van der Waals surface area (Å²) in [5.74, 6) is 0. The van der Waals surface area contributed by atoms with Crippen LogP contribution in [0.5, 0.6) is 0 Å². The summed E-state index contributed by atoms with van der Waals surface area (Å²) >= 11 is 0. The second kappa shape index (κ2) is 1.52. The second-order valence-corrected chi connectivity index (χ2v) is 6.10. The first-order valence-electron chi connectivity index (χ1n) is 3.58. The Hall–Kier alpha value is 0.390. The van der Waals surface area contributed by atoms with Crippen LogP contribution in [-0.4, -0.2) is 16.9 Å². The van der Waals surface area contributed by atoms with E-state index in [-0.39, 0.29) is 13.7 Å². The largest absolute Gasteiger partial charge is 0.353 e. The lowest BCUT2D eigenvalue weighted by Gasteiger charge is -2.19. The average Bonchev–Trinajstić information content (AvgIpc) is 2.26. The molecule has 0 aromatic heterocycles. The number of hydrogen-bond acceptors (Lipinski definition) is 1. The summed E-state index contributed by atoms with van der Waals surface area (Å²) in [6.45, 7) is 6.72. The van der Waals surface area contributed by atoms with Crippen molar-refractivity contribution in [2.75, 3.05) is 0 Å². The van der Waals surface area contributed by atoms with E-state index in [1.54, 1.807) is 0 Å². The molecule has 0 bridgehead atoms. The molecule has 2 heteroatoms. The maximum atomic E-state index is 5.80. The lowest BCUT2D eigenvalue weighted by atomic mass is 10.0. The van der Waals surface area contributed by atoms with Gasteiger partial charge < -0.3 is 4.52 Å². The lowest BCUT2D eigenvalue weighted by molar-refractivity contribution is 0.138. The minimum Gasteiger partial charge on any atom is -0.353 e. The molecule has 52 valence electrons. The van der Waals surface area contributed by atoms with E-state index in [2.05, 4.69) is 20.8 Å². The first-order chi connectivity index (χ1) is 4.10. The summed E-state index contributed by atoms with van der Waals surface area (Å²) in [4.78, 5) is 0. The third-order valence-electron chi connectivity index (χ3n) is 2.25. The van der Waals surface area contributed by atoms with Crippen molar-refractivity contribution in [3.8, 4) is 0 Å². The van der Waals surface area contributed by atoms with Crippen LogP contribution in [0.1, 0.15) is 27.2 Å². The summed E-state index contributed by atoms with van der Waals surface area (Å²) in [5.41, 5.74) is 2.12. The van der Waals surface area contributed by atoms with E-state index in [1.165, 1.54) is 6.42 Å². The number of rotatable bonds is 0. The Morgan fingerprint density at radius 3 is 2.56 bits per heavy atom. The second-order valence-electron chi connectivity index (χ2n) is 3.72. The molecule has 2 heterocycles. The van der Waals surface area contributed by atoms with Crippen LogP contribution >= 0.6 is 8.15 Å². The van der Waals surface area contributed by atoms with Crippen molar-refractivity contribution in [3.05, 3.63) is 0 Å². The zero-order chi connectivity index (χ0) is 6.65. The topological polar surface area (TPSA) is 9.23 Å². The van der Waals surface area contributed by atoms with Crippen molar-refractivity contribution in [1.82, 2.24) is 0 Å². The van der Waals surface area contributed by atoms with Crippen molar-refractivity contribution in [2.45, 2.75) is 44.1 Å². The van der Waals surface area contributed by atoms with Crippen molar-refractivity contribution in [1.29, 1.82) is 0 Å². The molecule has 2 aliphatic heterocycles. The average molecular weight is 144 g/mol. The molecule has 3 atom stereocenters. The molecule has 2 rings (SSSR count). The molecule has 2 fully saturated rings. The zero-order valence-electron chi connectivity index (χ0n) is 6.22. The quantitative estimate of drug-likeness (QED) is 0.474. The van der Waals surface area contributed by atoms with Crippen LogP contribution in [0.15, 0.2) is 0 Å². The van der Waals surface area contributed by atoms with Gasteiger partial charge in [0, 0.05) is 19.5 Å². The van der Waals surface area contributed by atoms with Crippen LogP contribution in [-0.2, 0) is 4.52 Å². The van der Waals surface area contributed by atoms with Gasteiger partial charge in [-0.3, -0.25) is 0 Å². The van der Waals surface area contributed by atoms with Crippen LogP contribution in [0.2, 0.25) is 0 Å². The van der Waals surface area contributed by atoms with E-state index in [0.717, 1.165) is 11.3 Å². The molecule has 0 radical (unpaired) electrons. The molecule has 9 heavy (non-hydrogen) atoms. The molecule has 1 nitrogen and oxygen atoms in total. The summed E-state index contributed by atoms with van der Waals surface area (Å²) in [5, 5.41) is 0. The highest BCUT2D eigenvalue weighted by Crippen LogP contribution is 2.75. The lowest BCUT2D eigenvalue weighted by Crippen LogP contribution is -2.20. The smallest absolute Gasteiger partial charge is 0.0676 e. The van der Waals surface area contributed by atoms with Crippen LogP contribution in [0.3, 0.4) is 0 Å². The fourth-order valence-electron chi connectivity index (χ4n) is 1.62. The molecule has 0 N–H and O–H groups in total. The Labute approximate surface area is 57.6 Å². The molecule has 0 amide bonds. The molecule has 2 saturated heterocycles. The highest BCUT2D eigenvalue weighted by molar-refractivity contribution is 7.62. The van der Waals surface area contributed by atoms with Crippen molar-refractivity contribution >= 4 is 8.15 Å². The molecule has 3 unspecified atom stereocenters. The van der Waals surface area contributed by atoms with Crippen molar-refractivity contribution in [3.63, 3.8) is 0 Å². The predicted molar refractivity (Wildman–Crippen MR) is 40.0 cm³/mol. The van der Waals surface area contributed by atoms with Gasteiger partial charge in [0.1, 0.15) is 0 Å². The van der Waals surface area contributed by atoms with Gasteiger partial charge in [-0.2, -0.15) is 0 Å². The summed E-state index contributed by atoms with van der Waals surface area (Å²) < 4.78 is 5.80. The minimum atomic E-state index is 0.0525. The molecular weight excluding hydrogens is 131 g/mol. The van der Waals surface area contributed by atoms with E-state index in [1.807, 2.05) is 0 Å². The van der Waals surface area contributed by atoms with Crippen LogP contribution in [0, 0.1) is 0 Å². The third kappa shape index (κ3) is 0.824. The maximum absolute atomic E-state index is 5.80. The summed E-state index contributed by atoms with van der Waals surface area (Å²) in [7, 11) is 0.0525. The third-order valence-corrected chi connectivity index (χ3v) is 5.06. The molecule has 0 aliphatic carbocycles. The SMILES string of the molecule is CC1C2CC(C)(C)OP12. The summed E-state index contributed by atoms with van der Waals surface area (Å²) in [6, 6.07) is 0. The Kier molecular flexibility index (Phi) is 1.03. The van der Waals surface area contributed by atoms with Gasteiger partial charge in [-0.1, -0.05) is 6.92 Å². The van der Waals surface area contributed by atoms with Gasteiger partial charge in [-0.25, -0.2) is 0 Å². The number of fused-ring (bicyclic) bond motifs is 1. The van der Waals surface area contributed by atoms with E-state index >= 15 is 0 Å². The molecule has 0 aromatic rings. The van der Waals surface area contributed by atoms with Crippen LogP contribution < -0.4 is 0 Å². The Morgan fingerprint density at radius 1 is 1.56 bits per heavy atom. The fraction of sp³-hybridized carbons (Fsp3) is 1.00. The highest BCUT2D eigenvalue weighted by Gasteiger charge is 2.58. The van der Waals surface area contributed by atoms with Gasteiger partial charge in [0.2, 0.25) is 0 Å². The standard InChI is InChI=1S/C7H13OP/c1-5-6-4-7(2,3)8-9(5)6/h5-6H,4H2,1-3H3. The van der Waals surface area contributed by atoms with Crippen molar-refractivity contribution in [2.24, 2.45) is 0 Å². The first-order valence-corrected chi connectivity index (χ1v) is 4.97. The Bertz CT molecular complexity index is 130. The monoisotopic (exact) mass is 144 g/mol. The first kappa shape index (κ1) is 6.12. The van der Waals surface area contributed by atoms with Gasteiger partial charge in [-0.05, 0) is 20.3 Å². The van der Waals surface area contributed by atoms with Gasteiger partial charge in [0.15, 0.2) is 0 Å². The Balaban J connectivity index is 2.04. The van der Waals surface area contributed by atoms with Crippen LogP contribution in [0.4, 0.5) is 0 Å². The molecule has 0 aromatic carbocycles.